The normalized spacial score (nSPS) is 13.3. The Balaban J connectivity index is 2.35. The standard InChI is InChI=1S/C12H14ClNO/c1-8(14-2)6-10-7-9-4-3-5-11(13)12(9)15-10/h3-5,7-8,14H,6H2,1-2H3. The maximum Gasteiger partial charge on any atom is 0.152 e. The zero-order chi connectivity index (χ0) is 10.8. The van der Waals surface area contributed by atoms with Crippen LogP contribution in [0.1, 0.15) is 12.7 Å². The molecular formula is C12H14ClNO. The highest BCUT2D eigenvalue weighted by Crippen LogP contribution is 2.26. The van der Waals surface area contributed by atoms with E-state index in [1.165, 1.54) is 0 Å². The van der Waals surface area contributed by atoms with Crippen LogP contribution in [0.4, 0.5) is 0 Å². The van der Waals surface area contributed by atoms with Gasteiger partial charge in [-0.1, -0.05) is 23.7 Å². The fraction of sp³-hybridized carbons (Fsp3) is 0.333. The van der Waals surface area contributed by atoms with Crippen LogP contribution in [-0.4, -0.2) is 13.1 Å². The molecule has 0 fully saturated rings. The van der Waals surface area contributed by atoms with Crippen LogP contribution in [0.15, 0.2) is 28.7 Å². The van der Waals surface area contributed by atoms with E-state index in [4.69, 9.17) is 16.0 Å². The van der Waals surface area contributed by atoms with E-state index in [0.29, 0.717) is 11.1 Å². The minimum absolute atomic E-state index is 0.407. The minimum atomic E-state index is 0.407. The second kappa shape index (κ2) is 4.25. The Morgan fingerprint density at radius 3 is 2.93 bits per heavy atom. The first-order valence-electron chi connectivity index (χ1n) is 5.05. The molecule has 1 unspecified atom stereocenters. The average molecular weight is 224 g/mol. The summed E-state index contributed by atoms with van der Waals surface area (Å²) in [6.45, 7) is 2.12. The van der Waals surface area contributed by atoms with Crippen LogP contribution in [0.5, 0.6) is 0 Å². The number of fused-ring (bicyclic) bond motifs is 1. The molecule has 0 amide bonds. The molecule has 1 N–H and O–H groups in total. The van der Waals surface area contributed by atoms with Gasteiger partial charge in [-0.2, -0.15) is 0 Å². The summed E-state index contributed by atoms with van der Waals surface area (Å²) in [7, 11) is 1.94. The van der Waals surface area contributed by atoms with Crippen LogP contribution in [0, 0.1) is 0 Å². The summed E-state index contributed by atoms with van der Waals surface area (Å²) in [6.07, 6.45) is 0.876. The number of halogens is 1. The van der Waals surface area contributed by atoms with Crippen molar-refractivity contribution < 1.29 is 4.42 Å². The Bertz CT molecular complexity index is 464. The molecule has 2 aromatic rings. The molecule has 0 saturated carbocycles. The Morgan fingerprint density at radius 2 is 2.27 bits per heavy atom. The third-order valence-corrected chi connectivity index (χ3v) is 2.84. The molecule has 1 aromatic heterocycles. The van der Waals surface area contributed by atoms with E-state index in [1.54, 1.807) is 0 Å². The van der Waals surface area contributed by atoms with Crippen molar-refractivity contribution in [3.63, 3.8) is 0 Å². The fourth-order valence-electron chi connectivity index (χ4n) is 1.59. The Kier molecular flexibility index (Phi) is 2.98. The Morgan fingerprint density at radius 1 is 1.47 bits per heavy atom. The third kappa shape index (κ3) is 2.16. The molecule has 0 saturated heterocycles. The average Bonchev–Trinajstić information content (AvgIpc) is 2.62. The summed E-state index contributed by atoms with van der Waals surface area (Å²) in [4.78, 5) is 0. The number of para-hydroxylation sites is 1. The lowest BCUT2D eigenvalue weighted by molar-refractivity contribution is 0.497. The molecule has 2 rings (SSSR count). The van der Waals surface area contributed by atoms with Crippen molar-refractivity contribution in [1.82, 2.24) is 5.32 Å². The van der Waals surface area contributed by atoms with Crippen molar-refractivity contribution >= 4 is 22.6 Å². The van der Waals surface area contributed by atoms with Crippen molar-refractivity contribution in [3.8, 4) is 0 Å². The summed E-state index contributed by atoms with van der Waals surface area (Å²) < 4.78 is 5.70. The summed E-state index contributed by atoms with van der Waals surface area (Å²) >= 11 is 6.03. The SMILES string of the molecule is CNC(C)Cc1cc2cccc(Cl)c2o1. The summed E-state index contributed by atoms with van der Waals surface area (Å²) in [6, 6.07) is 8.25. The van der Waals surface area contributed by atoms with E-state index in [1.807, 2.05) is 25.2 Å². The minimum Gasteiger partial charge on any atom is -0.459 e. The number of benzene rings is 1. The Hall–Kier alpha value is -0.990. The quantitative estimate of drug-likeness (QED) is 0.864. The topological polar surface area (TPSA) is 25.2 Å². The van der Waals surface area contributed by atoms with Crippen molar-refractivity contribution in [2.24, 2.45) is 0 Å². The first-order valence-corrected chi connectivity index (χ1v) is 5.42. The number of rotatable bonds is 3. The highest BCUT2D eigenvalue weighted by atomic mass is 35.5. The van der Waals surface area contributed by atoms with Gasteiger partial charge in [-0.25, -0.2) is 0 Å². The van der Waals surface area contributed by atoms with E-state index in [0.717, 1.165) is 23.2 Å². The zero-order valence-corrected chi connectivity index (χ0v) is 9.64. The smallest absolute Gasteiger partial charge is 0.152 e. The van der Waals surface area contributed by atoms with Gasteiger partial charge in [-0.3, -0.25) is 0 Å². The first kappa shape index (κ1) is 10.5. The van der Waals surface area contributed by atoms with Crippen molar-refractivity contribution in [1.29, 1.82) is 0 Å². The van der Waals surface area contributed by atoms with Crippen LogP contribution in [0.2, 0.25) is 5.02 Å². The van der Waals surface area contributed by atoms with Gasteiger partial charge in [0.1, 0.15) is 5.76 Å². The van der Waals surface area contributed by atoms with Gasteiger partial charge < -0.3 is 9.73 Å². The van der Waals surface area contributed by atoms with E-state index in [9.17, 15) is 0 Å². The molecular weight excluding hydrogens is 210 g/mol. The van der Waals surface area contributed by atoms with Crippen molar-refractivity contribution in [2.45, 2.75) is 19.4 Å². The van der Waals surface area contributed by atoms with Gasteiger partial charge in [0, 0.05) is 17.8 Å². The maximum absolute atomic E-state index is 6.03. The van der Waals surface area contributed by atoms with Gasteiger partial charge in [0.15, 0.2) is 5.58 Å². The molecule has 1 atom stereocenters. The summed E-state index contributed by atoms with van der Waals surface area (Å²) in [5, 5.41) is 4.93. The van der Waals surface area contributed by atoms with Crippen LogP contribution in [0.3, 0.4) is 0 Å². The molecule has 0 bridgehead atoms. The number of nitrogens with one attached hydrogen (secondary N) is 1. The van der Waals surface area contributed by atoms with E-state index in [-0.39, 0.29) is 0 Å². The lowest BCUT2D eigenvalue weighted by Gasteiger charge is -2.06. The van der Waals surface area contributed by atoms with Crippen molar-refractivity contribution in [2.75, 3.05) is 7.05 Å². The second-order valence-electron chi connectivity index (χ2n) is 3.76. The lowest BCUT2D eigenvalue weighted by atomic mass is 10.2. The van der Waals surface area contributed by atoms with Gasteiger partial charge in [-0.15, -0.1) is 0 Å². The van der Waals surface area contributed by atoms with Crippen molar-refractivity contribution in [3.05, 3.63) is 35.0 Å². The first-order chi connectivity index (χ1) is 7.20. The molecule has 15 heavy (non-hydrogen) atoms. The molecule has 0 spiro atoms. The number of hydrogen-bond donors (Lipinski definition) is 1. The monoisotopic (exact) mass is 223 g/mol. The zero-order valence-electron chi connectivity index (χ0n) is 8.88. The molecule has 3 heteroatoms. The van der Waals surface area contributed by atoms with Gasteiger partial charge in [0.2, 0.25) is 0 Å². The number of hydrogen-bond acceptors (Lipinski definition) is 2. The lowest BCUT2D eigenvalue weighted by Crippen LogP contribution is -2.23. The summed E-state index contributed by atoms with van der Waals surface area (Å²) in [5.74, 6) is 0.972. The predicted octanol–water partition coefficient (Wildman–Crippen LogP) is 3.24. The highest BCUT2D eigenvalue weighted by Gasteiger charge is 2.08. The fourth-order valence-corrected chi connectivity index (χ4v) is 1.81. The number of furan rings is 1. The second-order valence-corrected chi connectivity index (χ2v) is 4.17. The highest BCUT2D eigenvalue weighted by molar-refractivity contribution is 6.34. The van der Waals surface area contributed by atoms with Crippen LogP contribution in [0.25, 0.3) is 11.0 Å². The third-order valence-electron chi connectivity index (χ3n) is 2.55. The molecule has 0 aliphatic heterocycles. The van der Waals surface area contributed by atoms with Gasteiger partial charge in [0.05, 0.1) is 5.02 Å². The molecule has 1 aromatic carbocycles. The molecule has 0 aliphatic carbocycles. The molecule has 0 radical (unpaired) electrons. The van der Waals surface area contributed by atoms with E-state index < -0.39 is 0 Å². The van der Waals surface area contributed by atoms with E-state index >= 15 is 0 Å². The van der Waals surface area contributed by atoms with E-state index in [2.05, 4.69) is 18.3 Å². The van der Waals surface area contributed by atoms with Gasteiger partial charge >= 0.3 is 0 Å². The summed E-state index contributed by atoms with van der Waals surface area (Å²) in [5.41, 5.74) is 0.789. The van der Waals surface area contributed by atoms with Gasteiger partial charge in [-0.05, 0) is 26.1 Å². The van der Waals surface area contributed by atoms with Crippen LogP contribution in [-0.2, 0) is 6.42 Å². The number of likely N-dealkylation sites (N-methyl/N-ethyl adjacent to an activating group) is 1. The van der Waals surface area contributed by atoms with Gasteiger partial charge in [0.25, 0.3) is 0 Å². The van der Waals surface area contributed by atoms with Crippen LogP contribution < -0.4 is 5.32 Å². The Labute approximate surface area is 94.2 Å². The van der Waals surface area contributed by atoms with Crippen LogP contribution >= 0.6 is 11.6 Å². The maximum atomic E-state index is 6.03. The predicted molar refractivity (Wildman–Crippen MR) is 63.4 cm³/mol. The molecule has 0 aliphatic rings. The largest absolute Gasteiger partial charge is 0.459 e. The molecule has 1 heterocycles. The molecule has 2 nitrogen and oxygen atoms in total. The molecule has 80 valence electrons.